The van der Waals surface area contributed by atoms with Crippen LogP contribution in [0.4, 0.5) is 13.2 Å². The summed E-state index contributed by atoms with van der Waals surface area (Å²) >= 11 is 1.04. The monoisotopic (exact) mass is 271 g/mol. The zero-order chi connectivity index (χ0) is 12.8. The summed E-state index contributed by atoms with van der Waals surface area (Å²) in [5, 5.41) is 10.9. The Bertz CT molecular complexity index is 687. The first-order chi connectivity index (χ1) is 8.55. The van der Waals surface area contributed by atoms with Crippen molar-refractivity contribution in [2.75, 3.05) is 0 Å². The standard InChI is InChI=1S/C9H4F3N5S/c10-9(11,12)7-14-15-8-17(7)16-6(18-8)5-1-3-13-4-2-5/h1-4H. The molecule has 0 fully saturated rings. The van der Waals surface area contributed by atoms with Crippen LogP contribution in [-0.4, -0.2) is 24.8 Å². The minimum Gasteiger partial charge on any atom is -0.265 e. The summed E-state index contributed by atoms with van der Waals surface area (Å²) in [6.07, 6.45) is -1.48. The van der Waals surface area contributed by atoms with Crippen LogP contribution < -0.4 is 0 Å². The zero-order valence-corrected chi connectivity index (χ0v) is 9.40. The first kappa shape index (κ1) is 11.1. The van der Waals surface area contributed by atoms with E-state index in [0.717, 1.165) is 11.3 Å². The molecule has 9 heteroatoms. The van der Waals surface area contributed by atoms with Crippen molar-refractivity contribution in [1.82, 2.24) is 24.8 Å². The van der Waals surface area contributed by atoms with Gasteiger partial charge in [0.25, 0.3) is 5.82 Å². The van der Waals surface area contributed by atoms with E-state index in [4.69, 9.17) is 0 Å². The molecular formula is C9H4F3N5S. The molecule has 3 aromatic rings. The molecule has 18 heavy (non-hydrogen) atoms. The Balaban J connectivity index is 2.16. The topological polar surface area (TPSA) is 56.0 Å². The lowest BCUT2D eigenvalue weighted by molar-refractivity contribution is -0.146. The highest BCUT2D eigenvalue weighted by atomic mass is 32.1. The van der Waals surface area contributed by atoms with Crippen LogP contribution in [0.1, 0.15) is 5.82 Å². The molecule has 0 aliphatic rings. The van der Waals surface area contributed by atoms with Crippen molar-refractivity contribution in [1.29, 1.82) is 0 Å². The summed E-state index contributed by atoms with van der Waals surface area (Å²) in [5.41, 5.74) is 0.689. The zero-order valence-electron chi connectivity index (χ0n) is 8.59. The minimum absolute atomic E-state index is 0.106. The molecule has 3 aromatic heterocycles. The van der Waals surface area contributed by atoms with Gasteiger partial charge >= 0.3 is 6.18 Å². The van der Waals surface area contributed by atoms with Gasteiger partial charge in [0.05, 0.1) is 0 Å². The van der Waals surface area contributed by atoms with Gasteiger partial charge in [-0.3, -0.25) is 4.98 Å². The molecule has 0 saturated carbocycles. The van der Waals surface area contributed by atoms with Crippen molar-refractivity contribution >= 4 is 16.3 Å². The van der Waals surface area contributed by atoms with Gasteiger partial charge in [-0.05, 0) is 12.1 Å². The van der Waals surface area contributed by atoms with Crippen molar-refractivity contribution in [3.05, 3.63) is 30.4 Å². The second kappa shape index (κ2) is 3.73. The van der Waals surface area contributed by atoms with E-state index in [9.17, 15) is 13.2 Å². The molecule has 0 radical (unpaired) electrons. The normalized spacial score (nSPS) is 12.2. The summed E-state index contributed by atoms with van der Waals surface area (Å²) in [6.45, 7) is 0. The van der Waals surface area contributed by atoms with Gasteiger partial charge in [-0.15, -0.1) is 10.2 Å². The Morgan fingerprint density at radius 2 is 1.83 bits per heavy atom. The number of aromatic nitrogens is 5. The number of nitrogens with zero attached hydrogens (tertiary/aromatic N) is 5. The van der Waals surface area contributed by atoms with Crippen molar-refractivity contribution in [2.24, 2.45) is 0 Å². The quantitative estimate of drug-likeness (QED) is 0.681. The summed E-state index contributed by atoms with van der Waals surface area (Å²) in [7, 11) is 0. The van der Waals surface area contributed by atoms with Crippen LogP contribution in [0.3, 0.4) is 0 Å². The van der Waals surface area contributed by atoms with Gasteiger partial charge in [-0.25, -0.2) is 0 Å². The van der Waals surface area contributed by atoms with Crippen LogP contribution in [0.5, 0.6) is 0 Å². The second-order valence-corrected chi connectivity index (χ2v) is 4.31. The maximum absolute atomic E-state index is 12.6. The van der Waals surface area contributed by atoms with E-state index < -0.39 is 12.0 Å². The van der Waals surface area contributed by atoms with E-state index in [-0.39, 0.29) is 4.96 Å². The van der Waals surface area contributed by atoms with Crippen LogP contribution >= 0.6 is 11.3 Å². The summed E-state index contributed by atoms with van der Waals surface area (Å²) < 4.78 is 38.5. The van der Waals surface area contributed by atoms with Crippen molar-refractivity contribution in [2.45, 2.75) is 6.18 Å². The van der Waals surface area contributed by atoms with Crippen molar-refractivity contribution < 1.29 is 13.2 Å². The predicted octanol–water partition coefficient (Wildman–Crippen LogP) is 2.27. The molecule has 0 aromatic carbocycles. The van der Waals surface area contributed by atoms with Crippen LogP contribution in [0.15, 0.2) is 24.5 Å². The van der Waals surface area contributed by atoms with Gasteiger partial charge in [0, 0.05) is 18.0 Å². The molecule has 0 saturated heterocycles. The number of alkyl halides is 3. The predicted molar refractivity (Wildman–Crippen MR) is 56.9 cm³/mol. The van der Waals surface area contributed by atoms with Gasteiger partial charge in [0.15, 0.2) is 0 Å². The first-order valence-electron chi connectivity index (χ1n) is 4.75. The molecule has 92 valence electrons. The fraction of sp³-hybridized carbons (Fsp3) is 0.111. The van der Waals surface area contributed by atoms with E-state index >= 15 is 0 Å². The Morgan fingerprint density at radius 3 is 2.50 bits per heavy atom. The third-order valence-corrected chi connectivity index (χ3v) is 3.12. The fourth-order valence-electron chi connectivity index (χ4n) is 1.40. The first-order valence-corrected chi connectivity index (χ1v) is 5.57. The van der Waals surface area contributed by atoms with Gasteiger partial charge in [-0.1, -0.05) is 11.3 Å². The fourth-order valence-corrected chi connectivity index (χ4v) is 2.25. The Hall–Kier alpha value is -2.03. The van der Waals surface area contributed by atoms with Gasteiger partial charge < -0.3 is 0 Å². The number of halogens is 3. The molecule has 0 amide bonds. The Kier molecular flexibility index (Phi) is 2.30. The highest BCUT2D eigenvalue weighted by Crippen LogP contribution is 2.31. The SMILES string of the molecule is FC(F)(F)c1nnc2sc(-c3ccncc3)nn12. The highest BCUT2D eigenvalue weighted by Gasteiger charge is 2.38. The molecule has 0 N–H and O–H groups in total. The molecule has 5 nitrogen and oxygen atoms in total. The number of rotatable bonds is 1. The lowest BCUT2D eigenvalue weighted by Gasteiger charge is -2.00. The third-order valence-electron chi connectivity index (χ3n) is 2.17. The molecule has 0 atom stereocenters. The van der Waals surface area contributed by atoms with Crippen LogP contribution in [-0.2, 0) is 6.18 Å². The van der Waals surface area contributed by atoms with Crippen molar-refractivity contribution in [3.8, 4) is 10.6 Å². The van der Waals surface area contributed by atoms with E-state index in [1.165, 1.54) is 0 Å². The average Bonchev–Trinajstić information content (AvgIpc) is 2.87. The van der Waals surface area contributed by atoms with Crippen LogP contribution in [0, 0.1) is 0 Å². The Labute approximate surface area is 102 Å². The number of hydrogen-bond acceptors (Lipinski definition) is 5. The maximum Gasteiger partial charge on any atom is 0.453 e. The molecule has 0 aliphatic carbocycles. The van der Waals surface area contributed by atoms with Gasteiger partial charge in [0.2, 0.25) is 4.96 Å². The van der Waals surface area contributed by atoms with Gasteiger partial charge in [-0.2, -0.15) is 22.8 Å². The van der Waals surface area contributed by atoms with Crippen molar-refractivity contribution in [3.63, 3.8) is 0 Å². The molecule has 0 aliphatic heterocycles. The molecular weight excluding hydrogens is 267 g/mol. The summed E-state index contributed by atoms with van der Waals surface area (Å²) in [6, 6.07) is 3.33. The maximum atomic E-state index is 12.6. The average molecular weight is 271 g/mol. The van der Waals surface area contributed by atoms with E-state index in [0.29, 0.717) is 15.1 Å². The smallest absolute Gasteiger partial charge is 0.265 e. The molecule has 0 unspecified atom stereocenters. The minimum atomic E-state index is -4.57. The molecule has 3 heterocycles. The summed E-state index contributed by atoms with van der Waals surface area (Å²) in [4.78, 5) is 3.94. The van der Waals surface area contributed by atoms with E-state index in [1.54, 1.807) is 24.5 Å². The summed E-state index contributed by atoms with van der Waals surface area (Å²) in [5.74, 6) is -1.12. The lowest BCUT2D eigenvalue weighted by atomic mass is 10.3. The largest absolute Gasteiger partial charge is 0.453 e. The molecule has 3 rings (SSSR count). The Morgan fingerprint density at radius 1 is 1.11 bits per heavy atom. The van der Waals surface area contributed by atoms with Gasteiger partial charge in [0.1, 0.15) is 5.01 Å². The number of fused-ring (bicyclic) bond motifs is 1. The van der Waals surface area contributed by atoms with E-state index in [1.807, 2.05) is 0 Å². The third kappa shape index (κ3) is 1.72. The highest BCUT2D eigenvalue weighted by molar-refractivity contribution is 7.19. The lowest BCUT2D eigenvalue weighted by Crippen LogP contribution is -2.11. The van der Waals surface area contributed by atoms with Crippen LogP contribution in [0.2, 0.25) is 0 Å². The number of pyridine rings is 1. The molecule has 0 bridgehead atoms. The number of hydrogen-bond donors (Lipinski definition) is 0. The molecule has 0 spiro atoms. The van der Waals surface area contributed by atoms with Crippen LogP contribution in [0.25, 0.3) is 15.5 Å². The second-order valence-electron chi connectivity index (χ2n) is 3.36. The van der Waals surface area contributed by atoms with E-state index in [2.05, 4.69) is 20.3 Å².